The first-order valence-electron chi connectivity index (χ1n) is 8.25. The van der Waals surface area contributed by atoms with E-state index in [1.165, 1.54) is 32.2 Å². The molecule has 0 bridgehead atoms. The molecule has 3 nitrogen and oxygen atoms in total. The highest BCUT2D eigenvalue weighted by Crippen LogP contribution is 2.32. The van der Waals surface area contributed by atoms with E-state index >= 15 is 0 Å². The molecule has 6 heteroatoms. The Bertz CT molecular complexity index is 468. The number of rotatable bonds is 7. The van der Waals surface area contributed by atoms with Crippen molar-refractivity contribution in [3.05, 3.63) is 28.2 Å². The van der Waals surface area contributed by atoms with E-state index in [1.54, 1.807) is 12.1 Å². The van der Waals surface area contributed by atoms with Crippen molar-refractivity contribution >= 4 is 35.6 Å². The topological polar surface area (TPSA) is 24.5 Å². The van der Waals surface area contributed by atoms with E-state index in [4.69, 9.17) is 27.9 Å². The van der Waals surface area contributed by atoms with E-state index in [1.807, 2.05) is 6.07 Å². The Kier molecular flexibility index (Phi) is 7.77. The van der Waals surface area contributed by atoms with Crippen LogP contribution in [0.15, 0.2) is 18.2 Å². The molecule has 0 aromatic heterocycles. The fraction of sp³-hybridized carbons (Fsp3) is 0.647. The Morgan fingerprint density at radius 2 is 1.74 bits per heavy atom. The van der Waals surface area contributed by atoms with Crippen molar-refractivity contribution < 1.29 is 4.74 Å². The second-order valence-corrected chi connectivity index (χ2v) is 7.18. The van der Waals surface area contributed by atoms with Crippen LogP contribution in [0.4, 0.5) is 0 Å². The van der Waals surface area contributed by atoms with Crippen LogP contribution in [-0.2, 0) is 0 Å². The van der Waals surface area contributed by atoms with Gasteiger partial charge in [-0.25, -0.2) is 0 Å². The van der Waals surface area contributed by atoms with Crippen LogP contribution in [0.2, 0.25) is 10.0 Å². The first-order valence-corrected chi connectivity index (χ1v) is 9.00. The summed E-state index contributed by atoms with van der Waals surface area (Å²) in [6.07, 6.45) is 5.32. The van der Waals surface area contributed by atoms with Gasteiger partial charge in [-0.3, -0.25) is 4.90 Å². The maximum Gasteiger partial charge on any atom is 0.156 e. The fourth-order valence-electron chi connectivity index (χ4n) is 2.91. The number of benzene rings is 1. The summed E-state index contributed by atoms with van der Waals surface area (Å²) in [6, 6.07) is 6.15. The van der Waals surface area contributed by atoms with Crippen LogP contribution in [0.3, 0.4) is 0 Å². The maximum atomic E-state index is 6.10. The lowest BCUT2D eigenvalue weighted by Gasteiger charge is -2.32. The Morgan fingerprint density at radius 1 is 1.09 bits per heavy atom. The zero-order chi connectivity index (χ0) is 15.4. The van der Waals surface area contributed by atoms with Crippen LogP contribution in [0, 0.1) is 5.92 Å². The number of ether oxygens (including phenoxy) is 1. The van der Waals surface area contributed by atoms with Gasteiger partial charge in [-0.1, -0.05) is 29.3 Å². The van der Waals surface area contributed by atoms with Crippen molar-refractivity contribution in [3.63, 3.8) is 0 Å². The molecule has 3 rings (SSSR count). The number of nitrogens with zero attached hydrogens (tertiary/aromatic N) is 1. The van der Waals surface area contributed by atoms with Crippen molar-refractivity contribution in [2.45, 2.75) is 31.7 Å². The number of nitrogens with one attached hydrogen (secondary N) is 1. The lowest BCUT2D eigenvalue weighted by atomic mass is 10.0. The summed E-state index contributed by atoms with van der Waals surface area (Å²) < 4.78 is 5.76. The van der Waals surface area contributed by atoms with Crippen molar-refractivity contribution in [2.24, 2.45) is 5.92 Å². The van der Waals surface area contributed by atoms with Gasteiger partial charge < -0.3 is 10.1 Å². The first-order chi connectivity index (χ1) is 10.7. The van der Waals surface area contributed by atoms with Gasteiger partial charge in [-0.05, 0) is 63.4 Å². The van der Waals surface area contributed by atoms with Gasteiger partial charge in [0, 0.05) is 12.6 Å². The summed E-state index contributed by atoms with van der Waals surface area (Å²) in [6.45, 7) is 5.06. The molecular formula is C17H25Cl3N2O. The van der Waals surface area contributed by atoms with Crippen LogP contribution in [0.5, 0.6) is 5.75 Å². The van der Waals surface area contributed by atoms with E-state index in [0.29, 0.717) is 28.4 Å². The highest BCUT2D eigenvalue weighted by molar-refractivity contribution is 6.37. The Balaban J connectivity index is 0.00000192. The Labute approximate surface area is 155 Å². The van der Waals surface area contributed by atoms with Crippen molar-refractivity contribution in [1.82, 2.24) is 10.2 Å². The quantitative estimate of drug-likeness (QED) is 0.766. The molecule has 1 aliphatic heterocycles. The van der Waals surface area contributed by atoms with E-state index in [0.717, 1.165) is 25.6 Å². The smallest absolute Gasteiger partial charge is 0.156 e. The van der Waals surface area contributed by atoms with Gasteiger partial charge in [0.2, 0.25) is 0 Å². The van der Waals surface area contributed by atoms with Gasteiger partial charge in [0.05, 0.1) is 10.0 Å². The summed E-state index contributed by atoms with van der Waals surface area (Å²) in [7, 11) is 0. The normalized spacial score (nSPS) is 19.4. The average molecular weight is 380 g/mol. The number of halogens is 3. The number of hydrogen-bond acceptors (Lipinski definition) is 3. The van der Waals surface area contributed by atoms with Gasteiger partial charge in [-0.2, -0.15) is 0 Å². The molecule has 0 unspecified atom stereocenters. The Morgan fingerprint density at radius 3 is 2.35 bits per heavy atom. The number of para-hydroxylation sites is 1. The standard InChI is InChI=1S/C17H24Cl2N2O.ClH/c18-15-2-1-3-16(19)17(15)22-11-10-21-8-6-14(7-9-21)20-12-13-4-5-13;/h1-3,13-14,20H,4-12H2;1H. The summed E-state index contributed by atoms with van der Waals surface area (Å²) in [5, 5.41) is 4.87. The lowest BCUT2D eigenvalue weighted by Crippen LogP contribution is -2.44. The third kappa shape index (κ3) is 5.99. The maximum absolute atomic E-state index is 6.10. The molecule has 2 aliphatic rings. The molecule has 2 fully saturated rings. The molecule has 1 heterocycles. The fourth-order valence-corrected chi connectivity index (χ4v) is 3.42. The summed E-state index contributed by atoms with van der Waals surface area (Å²) >= 11 is 12.2. The van der Waals surface area contributed by atoms with Gasteiger partial charge >= 0.3 is 0 Å². The minimum atomic E-state index is 0. The van der Waals surface area contributed by atoms with E-state index < -0.39 is 0 Å². The average Bonchev–Trinajstić information content (AvgIpc) is 3.34. The lowest BCUT2D eigenvalue weighted by molar-refractivity contribution is 0.164. The predicted octanol–water partition coefficient (Wildman–Crippen LogP) is 4.26. The predicted molar refractivity (Wildman–Crippen MR) is 99.4 cm³/mol. The van der Waals surface area contributed by atoms with Crippen LogP contribution in [-0.4, -0.2) is 43.7 Å². The molecular weight excluding hydrogens is 355 g/mol. The van der Waals surface area contributed by atoms with E-state index in [9.17, 15) is 0 Å². The van der Waals surface area contributed by atoms with Crippen molar-refractivity contribution in [1.29, 1.82) is 0 Å². The van der Waals surface area contributed by atoms with Crippen LogP contribution >= 0.6 is 35.6 Å². The first kappa shape index (κ1) is 19.1. The Hall–Kier alpha value is -0.190. The van der Waals surface area contributed by atoms with Crippen molar-refractivity contribution in [3.8, 4) is 5.75 Å². The molecule has 1 aliphatic carbocycles. The second-order valence-electron chi connectivity index (χ2n) is 6.37. The minimum absolute atomic E-state index is 0. The van der Waals surface area contributed by atoms with E-state index in [2.05, 4.69) is 10.2 Å². The third-order valence-corrected chi connectivity index (χ3v) is 5.15. The summed E-state index contributed by atoms with van der Waals surface area (Å²) in [4.78, 5) is 2.46. The van der Waals surface area contributed by atoms with E-state index in [-0.39, 0.29) is 12.4 Å². The van der Waals surface area contributed by atoms with Crippen LogP contribution in [0.25, 0.3) is 0 Å². The van der Waals surface area contributed by atoms with Crippen LogP contribution in [0.1, 0.15) is 25.7 Å². The summed E-state index contributed by atoms with van der Waals surface area (Å²) in [5.41, 5.74) is 0. The van der Waals surface area contributed by atoms with Gasteiger partial charge in [0.15, 0.2) is 5.75 Å². The van der Waals surface area contributed by atoms with Gasteiger partial charge in [0.25, 0.3) is 0 Å². The molecule has 130 valence electrons. The van der Waals surface area contributed by atoms with Gasteiger partial charge in [-0.15, -0.1) is 12.4 Å². The molecule has 1 N–H and O–H groups in total. The number of piperidine rings is 1. The molecule has 1 saturated heterocycles. The monoisotopic (exact) mass is 378 g/mol. The molecule has 1 aromatic carbocycles. The highest BCUT2D eigenvalue weighted by Gasteiger charge is 2.24. The third-order valence-electron chi connectivity index (χ3n) is 4.55. The molecule has 0 spiro atoms. The van der Waals surface area contributed by atoms with Crippen molar-refractivity contribution in [2.75, 3.05) is 32.8 Å². The number of likely N-dealkylation sites (tertiary alicyclic amines) is 1. The highest BCUT2D eigenvalue weighted by atomic mass is 35.5. The minimum Gasteiger partial charge on any atom is -0.489 e. The molecule has 23 heavy (non-hydrogen) atoms. The zero-order valence-corrected chi connectivity index (χ0v) is 15.6. The molecule has 0 radical (unpaired) electrons. The molecule has 1 saturated carbocycles. The number of hydrogen-bond donors (Lipinski definition) is 1. The molecule has 0 atom stereocenters. The second kappa shape index (κ2) is 9.33. The largest absolute Gasteiger partial charge is 0.489 e. The SMILES string of the molecule is Cl.Clc1cccc(Cl)c1OCCN1CCC(NCC2CC2)CC1. The van der Waals surface area contributed by atoms with Crippen LogP contribution < -0.4 is 10.1 Å². The zero-order valence-electron chi connectivity index (χ0n) is 13.3. The summed E-state index contributed by atoms with van der Waals surface area (Å²) in [5.74, 6) is 1.57. The van der Waals surface area contributed by atoms with Gasteiger partial charge in [0.1, 0.15) is 6.61 Å². The molecule has 1 aromatic rings. The molecule has 0 amide bonds.